The van der Waals surface area contributed by atoms with Crippen LogP contribution in [0.15, 0.2) is 24.3 Å². The monoisotopic (exact) mass is 414 g/mol. The number of nitro groups is 1. The second-order valence-electron chi connectivity index (χ2n) is 7.82. The predicted molar refractivity (Wildman–Crippen MR) is 109 cm³/mol. The van der Waals surface area contributed by atoms with Crippen LogP contribution in [-0.4, -0.2) is 67.7 Å². The summed E-state index contributed by atoms with van der Waals surface area (Å²) < 4.78 is 1.42. The summed E-state index contributed by atoms with van der Waals surface area (Å²) in [5.41, 5.74) is 1.12. The molecule has 1 aliphatic heterocycles. The van der Waals surface area contributed by atoms with Crippen molar-refractivity contribution in [3.8, 4) is 5.69 Å². The molecule has 160 valence electrons. The SMILES string of the molecule is Cc1c(C(=O)N2CCN(C(=O)CCC(C)C)CC2)nnn1-c1cccc([N+](=O)[O-])c1. The smallest absolute Gasteiger partial charge is 0.276 e. The highest BCUT2D eigenvalue weighted by atomic mass is 16.6. The third-order valence-electron chi connectivity index (χ3n) is 5.24. The second-order valence-corrected chi connectivity index (χ2v) is 7.82. The fraction of sp³-hybridized carbons (Fsp3) is 0.500. The molecule has 0 saturated carbocycles. The first-order valence-electron chi connectivity index (χ1n) is 10.0. The van der Waals surface area contributed by atoms with Crippen molar-refractivity contribution in [1.29, 1.82) is 0 Å². The minimum absolute atomic E-state index is 0.0615. The van der Waals surface area contributed by atoms with Gasteiger partial charge in [-0.3, -0.25) is 19.7 Å². The Balaban J connectivity index is 1.67. The van der Waals surface area contributed by atoms with Crippen LogP contribution in [0.25, 0.3) is 5.69 Å². The van der Waals surface area contributed by atoms with Crippen LogP contribution in [0, 0.1) is 23.0 Å². The maximum atomic E-state index is 12.9. The molecule has 0 N–H and O–H groups in total. The van der Waals surface area contributed by atoms with Gasteiger partial charge in [0.1, 0.15) is 0 Å². The van der Waals surface area contributed by atoms with Crippen molar-refractivity contribution in [3.05, 3.63) is 45.8 Å². The number of aromatic nitrogens is 3. The van der Waals surface area contributed by atoms with Crippen LogP contribution >= 0.6 is 0 Å². The molecule has 0 bridgehead atoms. The Labute approximate surface area is 174 Å². The van der Waals surface area contributed by atoms with Gasteiger partial charge in [-0.05, 0) is 25.3 Å². The van der Waals surface area contributed by atoms with Crippen molar-refractivity contribution in [2.45, 2.75) is 33.6 Å². The number of hydrogen-bond donors (Lipinski definition) is 0. The summed E-state index contributed by atoms with van der Waals surface area (Å²) in [6.45, 7) is 7.77. The molecule has 1 aliphatic rings. The van der Waals surface area contributed by atoms with Gasteiger partial charge in [-0.25, -0.2) is 4.68 Å². The summed E-state index contributed by atoms with van der Waals surface area (Å²) in [5.74, 6) is 0.357. The van der Waals surface area contributed by atoms with Gasteiger partial charge < -0.3 is 9.80 Å². The first-order valence-corrected chi connectivity index (χ1v) is 10.0. The quantitative estimate of drug-likeness (QED) is 0.529. The molecule has 0 atom stereocenters. The van der Waals surface area contributed by atoms with Crippen molar-refractivity contribution in [2.24, 2.45) is 5.92 Å². The van der Waals surface area contributed by atoms with Crippen LogP contribution in [0.2, 0.25) is 0 Å². The Morgan fingerprint density at radius 2 is 1.83 bits per heavy atom. The number of non-ortho nitro benzene ring substituents is 1. The van der Waals surface area contributed by atoms with E-state index in [0.717, 1.165) is 6.42 Å². The number of amides is 2. The number of benzene rings is 1. The van der Waals surface area contributed by atoms with Crippen molar-refractivity contribution in [1.82, 2.24) is 24.8 Å². The molecule has 0 spiro atoms. The van der Waals surface area contributed by atoms with Crippen molar-refractivity contribution < 1.29 is 14.5 Å². The third kappa shape index (κ3) is 4.64. The van der Waals surface area contributed by atoms with Crippen LogP contribution in [0.5, 0.6) is 0 Å². The predicted octanol–water partition coefficient (Wildman–Crippen LogP) is 2.20. The highest BCUT2D eigenvalue weighted by Gasteiger charge is 2.28. The Bertz CT molecular complexity index is 947. The minimum Gasteiger partial charge on any atom is -0.339 e. The molecule has 1 aromatic heterocycles. The summed E-state index contributed by atoms with van der Waals surface area (Å²) >= 11 is 0. The molecule has 0 unspecified atom stereocenters. The van der Waals surface area contributed by atoms with Crippen LogP contribution in [0.3, 0.4) is 0 Å². The molecule has 10 heteroatoms. The lowest BCUT2D eigenvalue weighted by Gasteiger charge is -2.34. The number of carbonyl (C=O) groups is 2. The van der Waals surface area contributed by atoms with E-state index in [-0.39, 0.29) is 23.2 Å². The van der Waals surface area contributed by atoms with E-state index in [1.807, 2.05) is 0 Å². The number of carbonyl (C=O) groups excluding carboxylic acids is 2. The molecular formula is C20H26N6O4. The summed E-state index contributed by atoms with van der Waals surface area (Å²) in [6, 6.07) is 6.01. The molecule has 0 radical (unpaired) electrons. The molecular weight excluding hydrogens is 388 g/mol. The highest BCUT2D eigenvalue weighted by molar-refractivity contribution is 5.93. The van der Waals surface area contributed by atoms with Crippen LogP contribution in [0.4, 0.5) is 5.69 Å². The van der Waals surface area contributed by atoms with Gasteiger partial charge in [0.2, 0.25) is 5.91 Å². The summed E-state index contributed by atoms with van der Waals surface area (Å²) in [5, 5.41) is 19.0. The van der Waals surface area contributed by atoms with Gasteiger partial charge in [-0.1, -0.05) is 25.1 Å². The largest absolute Gasteiger partial charge is 0.339 e. The van der Waals surface area contributed by atoms with E-state index in [1.54, 1.807) is 28.9 Å². The summed E-state index contributed by atoms with van der Waals surface area (Å²) in [7, 11) is 0. The van der Waals surface area contributed by atoms with Gasteiger partial charge in [0.25, 0.3) is 11.6 Å². The number of nitro benzene ring substituents is 1. The number of nitrogens with zero attached hydrogens (tertiary/aromatic N) is 6. The Morgan fingerprint density at radius 3 is 2.47 bits per heavy atom. The maximum absolute atomic E-state index is 12.9. The molecule has 1 saturated heterocycles. The summed E-state index contributed by atoms with van der Waals surface area (Å²) in [6.07, 6.45) is 1.39. The molecule has 3 rings (SSSR count). The highest BCUT2D eigenvalue weighted by Crippen LogP contribution is 2.19. The fourth-order valence-electron chi connectivity index (χ4n) is 3.39. The average molecular weight is 414 g/mol. The van der Waals surface area contributed by atoms with E-state index in [1.165, 1.54) is 16.8 Å². The van der Waals surface area contributed by atoms with E-state index in [4.69, 9.17) is 0 Å². The first-order chi connectivity index (χ1) is 14.3. The van der Waals surface area contributed by atoms with Crippen LogP contribution in [-0.2, 0) is 4.79 Å². The zero-order valence-electron chi connectivity index (χ0n) is 17.4. The number of hydrogen-bond acceptors (Lipinski definition) is 6. The number of rotatable bonds is 6. The lowest BCUT2D eigenvalue weighted by Crippen LogP contribution is -2.50. The van der Waals surface area contributed by atoms with E-state index in [9.17, 15) is 19.7 Å². The third-order valence-corrected chi connectivity index (χ3v) is 5.24. The molecule has 1 fully saturated rings. The molecule has 0 aliphatic carbocycles. The van der Waals surface area contributed by atoms with E-state index in [0.29, 0.717) is 49.9 Å². The minimum atomic E-state index is -0.482. The number of piperazine rings is 1. The van der Waals surface area contributed by atoms with Crippen molar-refractivity contribution in [2.75, 3.05) is 26.2 Å². The van der Waals surface area contributed by atoms with Gasteiger partial charge >= 0.3 is 0 Å². The first kappa shape index (κ1) is 21.4. The second kappa shape index (κ2) is 9.02. The zero-order chi connectivity index (χ0) is 21.8. The zero-order valence-corrected chi connectivity index (χ0v) is 17.4. The molecule has 30 heavy (non-hydrogen) atoms. The van der Waals surface area contributed by atoms with Gasteiger partial charge in [0.05, 0.1) is 16.3 Å². The van der Waals surface area contributed by atoms with E-state index < -0.39 is 4.92 Å². The molecule has 10 nitrogen and oxygen atoms in total. The lowest BCUT2D eigenvalue weighted by atomic mass is 10.1. The fourth-order valence-corrected chi connectivity index (χ4v) is 3.39. The standard InChI is InChI=1S/C20H26N6O4/c1-14(2)7-8-18(27)23-9-11-24(12-10-23)20(28)19-15(3)25(22-21-19)16-5-4-6-17(13-16)26(29)30/h4-6,13-14H,7-12H2,1-3H3. The normalized spacial score (nSPS) is 14.3. The average Bonchev–Trinajstić information content (AvgIpc) is 3.13. The van der Waals surface area contributed by atoms with E-state index in [2.05, 4.69) is 24.2 Å². The van der Waals surface area contributed by atoms with Crippen molar-refractivity contribution in [3.63, 3.8) is 0 Å². The summed E-state index contributed by atoms with van der Waals surface area (Å²) in [4.78, 5) is 39.2. The Hall–Kier alpha value is -3.30. The van der Waals surface area contributed by atoms with Crippen LogP contribution in [0.1, 0.15) is 42.9 Å². The topological polar surface area (TPSA) is 114 Å². The molecule has 2 heterocycles. The van der Waals surface area contributed by atoms with Gasteiger partial charge in [0, 0.05) is 44.7 Å². The van der Waals surface area contributed by atoms with Crippen molar-refractivity contribution >= 4 is 17.5 Å². The molecule has 2 aromatic rings. The molecule has 1 aromatic carbocycles. The van der Waals surface area contributed by atoms with Gasteiger partial charge in [-0.15, -0.1) is 5.10 Å². The van der Waals surface area contributed by atoms with E-state index >= 15 is 0 Å². The Kier molecular flexibility index (Phi) is 6.43. The maximum Gasteiger partial charge on any atom is 0.276 e. The van der Waals surface area contributed by atoms with Crippen LogP contribution < -0.4 is 0 Å². The molecule has 2 amide bonds. The lowest BCUT2D eigenvalue weighted by molar-refractivity contribution is -0.384. The van der Waals surface area contributed by atoms with Gasteiger partial charge in [0.15, 0.2) is 5.69 Å². The van der Waals surface area contributed by atoms with Gasteiger partial charge in [-0.2, -0.15) is 0 Å². The Morgan fingerprint density at radius 1 is 1.17 bits per heavy atom.